The van der Waals surface area contributed by atoms with Gasteiger partial charge in [0.05, 0.1) is 18.9 Å². The van der Waals surface area contributed by atoms with Gasteiger partial charge in [-0.15, -0.1) is 0 Å². The second-order valence-electron chi connectivity index (χ2n) is 10.6. The number of carboxylic acids is 1. The van der Waals surface area contributed by atoms with Crippen molar-refractivity contribution in [2.45, 2.75) is 168 Å². The van der Waals surface area contributed by atoms with E-state index in [0.29, 0.717) is 13.0 Å². The van der Waals surface area contributed by atoms with Crippen LogP contribution in [0.4, 0.5) is 0 Å². The SMILES string of the molecule is CC/C=C/CCCCCCCCCCCCCCCCCCCCCC(CC(=O)O)C(=O)OCCC. The topological polar surface area (TPSA) is 63.6 Å². The monoisotopic (exact) mass is 508 g/mol. The Balaban J connectivity index is 3.35. The van der Waals surface area contributed by atoms with Gasteiger partial charge in [0.25, 0.3) is 0 Å². The molecule has 4 nitrogen and oxygen atoms in total. The van der Waals surface area contributed by atoms with E-state index in [9.17, 15) is 9.59 Å². The zero-order valence-electron chi connectivity index (χ0n) is 24.1. The minimum absolute atomic E-state index is 0.111. The molecule has 0 fully saturated rings. The maximum absolute atomic E-state index is 12.0. The van der Waals surface area contributed by atoms with E-state index in [1.165, 1.54) is 122 Å². The van der Waals surface area contributed by atoms with Crippen LogP contribution in [0.5, 0.6) is 0 Å². The number of aliphatic carboxylic acids is 1. The third-order valence-corrected chi connectivity index (χ3v) is 7.03. The summed E-state index contributed by atoms with van der Waals surface area (Å²) < 4.78 is 5.15. The molecule has 0 aliphatic carbocycles. The Morgan fingerprint density at radius 1 is 0.639 bits per heavy atom. The number of rotatable bonds is 28. The quantitative estimate of drug-likeness (QED) is 0.0648. The summed E-state index contributed by atoms with van der Waals surface area (Å²) in [7, 11) is 0. The number of hydrogen-bond acceptors (Lipinski definition) is 3. The maximum atomic E-state index is 12.0. The van der Waals surface area contributed by atoms with Crippen LogP contribution < -0.4 is 0 Å². The van der Waals surface area contributed by atoms with E-state index < -0.39 is 11.9 Å². The lowest BCUT2D eigenvalue weighted by Crippen LogP contribution is -2.21. The highest BCUT2D eigenvalue weighted by atomic mass is 16.5. The summed E-state index contributed by atoms with van der Waals surface area (Å²) in [6.45, 7) is 4.53. The molecule has 0 aromatic heterocycles. The molecule has 1 N–H and O–H groups in total. The van der Waals surface area contributed by atoms with Crippen molar-refractivity contribution in [1.29, 1.82) is 0 Å². The predicted molar refractivity (Wildman–Crippen MR) is 153 cm³/mol. The first-order chi connectivity index (χ1) is 17.6. The van der Waals surface area contributed by atoms with Gasteiger partial charge in [-0.25, -0.2) is 0 Å². The Kier molecular flexibility index (Phi) is 27.2. The summed E-state index contributed by atoms with van der Waals surface area (Å²) >= 11 is 0. The molecular weight excluding hydrogens is 448 g/mol. The Bertz CT molecular complexity index is 514. The van der Waals surface area contributed by atoms with Gasteiger partial charge in [0.1, 0.15) is 0 Å². The van der Waals surface area contributed by atoms with Crippen LogP contribution in [0, 0.1) is 5.92 Å². The minimum atomic E-state index is -0.916. The molecule has 0 amide bonds. The molecule has 1 unspecified atom stereocenters. The number of carboxylic acid groups (broad SMARTS) is 1. The normalized spacial score (nSPS) is 12.3. The Labute approximate surface area is 224 Å². The molecule has 0 rings (SSSR count). The van der Waals surface area contributed by atoms with Crippen LogP contribution in [0.3, 0.4) is 0 Å². The Morgan fingerprint density at radius 2 is 1.06 bits per heavy atom. The first kappa shape index (κ1) is 34.7. The van der Waals surface area contributed by atoms with Gasteiger partial charge < -0.3 is 9.84 Å². The maximum Gasteiger partial charge on any atom is 0.309 e. The van der Waals surface area contributed by atoms with Crippen molar-refractivity contribution in [3.05, 3.63) is 12.2 Å². The van der Waals surface area contributed by atoms with E-state index in [1.807, 2.05) is 6.92 Å². The van der Waals surface area contributed by atoms with Crippen molar-refractivity contribution in [3.63, 3.8) is 0 Å². The average molecular weight is 509 g/mol. The Hall–Kier alpha value is -1.32. The van der Waals surface area contributed by atoms with Crippen LogP contribution in [-0.2, 0) is 14.3 Å². The van der Waals surface area contributed by atoms with E-state index in [0.717, 1.165) is 19.3 Å². The van der Waals surface area contributed by atoms with Gasteiger partial charge in [0, 0.05) is 0 Å². The first-order valence-corrected chi connectivity index (χ1v) is 15.6. The van der Waals surface area contributed by atoms with Crippen molar-refractivity contribution in [3.8, 4) is 0 Å². The standard InChI is InChI=1S/C32H60O4/c1-3-5-6-7-8-9-10-11-12-13-14-15-16-17-18-19-20-21-22-23-24-25-26-27-30(29-31(33)34)32(35)36-28-4-2/h5-6,30H,3-4,7-29H2,1-2H3,(H,33,34)/b6-5+. The van der Waals surface area contributed by atoms with Crippen LogP contribution in [0.2, 0.25) is 0 Å². The molecule has 0 radical (unpaired) electrons. The molecule has 0 bridgehead atoms. The zero-order valence-corrected chi connectivity index (χ0v) is 24.1. The number of ether oxygens (including phenoxy) is 1. The van der Waals surface area contributed by atoms with Gasteiger partial charge in [-0.05, 0) is 32.1 Å². The molecule has 0 saturated heterocycles. The lowest BCUT2D eigenvalue weighted by atomic mass is 9.97. The fourth-order valence-corrected chi connectivity index (χ4v) is 4.78. The zero-order chi connectivity index (χ0) is 26.5. The summed E-state index contributed by atoms with van der Waals surface area (Å²) in [6.07, 6.45) is 33.7. The summed E-state index contributed by atoms with van der Waals surface area (Å²) in [5, 5.41) is 9.03. The van der Waals surface area contributed by atoms with E-state index >= 15 is 0 Å². The fourth-order valence-electron chi connectivity index (χ4n) is 4.78. The van der Waals surface area contributed by atoms with Gasteiger partial charge in [-0.1, -0.05) is 142 Å². The van der Waals surface area contributed by atoms with Crippen LogP contribution in [-0.4, -0.2) is 23.7 Å². The smallest absolute Gasteiger partial charge is 0.309 e. The van der Waals surface area contributed by atoms with Crippen LogP contribution in [0.15, 0.2) is 12.2 Å². The summed E-state index contributed by atoms with van der Waals surface area (Å²) in [5.41, 5.74) is 0. The molecule has 0 aromatic carbocycles. The predicted octanol–water partition coefficient (Wildman–Crippen LogP) is 10.2. The lowest BCUT2D eigenvalue weighted by molar-refractivity contribution is -0.153. The van der Waals surface area contributed by atoms with Crippen molar-refractivity contribution >= 4 is 11.9 Å². The van der Waals surface area contributed by atoms with E-state index in [4.69, 9.17) is 9.84 Å². The molecule has 4 heteroatoms. The van der Waals surface area contributed by atoms with Gasteiger partial charge in [-0.2, -0.15) is 0 Å². The van der Waals surface area contributed by atoms with E-state index in [1.54, 1.807) is 0 Å². The minimum Gasteiger partial charge on any atom is -0.481 e. The van der Waals surface area contributed by atoms with Crippen LogP contribution in [0.1, 0.15) is 168 Å². The summed E-state index contributed by atoms with van der Waals surface area (Å²) in [5.74, 6) is -1.74. The number of allylic oxidation sites excluding steroid dienone is 2. The van der Waals surface area contributed by atoms with E-state index in [-0.39, 0.29) is 12.4 Å². The fraction of sp³-hybridized carbons (Fsp3) is 0.875. The van der Waals surface area contributed by atoms with Crippen LogP contribution in [0.25, 0.3) is 0 Å². The van der Waals surface area contributed by atoms with Crippen LogP contribution >= 0.6 is 0 Å². The number of carbonyl (C=O) groups excluding carboxylic acids is 1. The molecule has 1 atom stereocenters. The molecule has 0 aromatic rings. The second-order valence-corrected chi connectivity index (χ2v) is 10.6. The third kappa shape index (κ3) is 25.8. The van der Waals surface area contributed by atoms with Gasteiger partial charge >= 0.3 is 11.9 Å². The number of unbranched alkanes of at least 4 members (excludes halogenated alkanes) is 19. The van der Waals surface area contributed by atoms with Gasteiger partial charge in [-0.3, -0.25) is 9.59 Å². The average Bonchev–Trinajstić information content (AvgIpc) is 2.86. The largest absolute Gasteiger partial charge is 0.481 e. The lowest BCUT2D eigenvalue weighted by Gasteiger charge is -2.13. The molecular formula is C32H60O4. The summed E-state index contributed by atoms with van der Waals surface area (Å²) in [4.78, 5) is 23.0. The molecule has 212 valence electrons. The van der Waals surface area contributed by atoms with Gasteiger partial charge in [0.2, 0.25) is 0 Å². The molecule has 0 heterocycles. The van der Waals surface area contributed by atoms with Gasteiger partial charge in [0.15, 0.2) is 0 Å². The van der Waals surface area contributed by atoms with Crippen molar-refractivity contribution in [2.24, 2.45) is 5.92 Å². The van der Waals surface area contributed by atoms with Crippen molar-refractivity contribution < 1.29 is 19.4 Å². The number of esters is 1. The molecule has 0 aliphatic rings. The highest BCUT2D eigenvalue weighted by molar-refractivity contribution is 5.79. The molecule has 0 aliphatic heterocycles. The summed E-state index contributed by atoms with van der Waals surface area (Å²) in [6, 6.07) is 0. The first-order valence-electron chi connectivity index (χ1n) is 15.6. The highest BCUT2D eigenvalue weighted by Gasteiger charge is 2.22. The molecule has 0 spiro atoms. The number of hydrogen-bond donors (Lipinski definition) is 1. The third-order valence-electron chi connectivity index (χ3n) is 7.03. The highest BCUT2D eigenvalue weighted by Crippen LogP contribution is 2.18. The molecule has 0 saturated carbocycles. The van der Waals surface area contributed by atoms with E-state index in [2.05, 4.69) is 19.1 Å². The second kappa shape index (κ2) is 28.3. The van der Waals surface area contributed by atoms with Crippen molar-refractivity contribution in [2.75, 3.05) is 6.61 Å². The Morgan fingerprint density at radius 3 is 1.44 bits per heavy atom. The van der Waals surface area contributed by atoms with Crippen molar-refractivity contribution in [1.82, 2.24) is 0 Å². The molecule has 36 heavy (non-hydrogen) atoms. The number of carbonyl (C=O) groups is 2.